The van der Waals surface area contributed by atoms with E-state index >= 15 is 0 Å². The molecule has 0 saturated carbocycles. The van der Waals surface area contributed by atoms with Gasteiger partial charge >= 0.3 is 12.2 Å². The zero-order valence-corrected chi connectivity index (χ0v) is 35.2. The van der Waals surface area contributed by atoms with Crippen LogP contribution in [0.15, 0.2) is 60.8 Å². The summed E-state index contributed by atoms with van der Waals surface area (Å²) < 4.78 is 20.8. The second kappa shape index (κ2) is 18.2. The first-order valence-corrected chi connectivity index (χ1v) is 21.8. The molecule has 0 aliphatic carbocycles. The number of hydrogen-bond acceptors (Lipinski definition) is 10. The van der Waals surface area contributed by atoms with Gasteiger partial charge in [-0.1, -0.05) is 30.3 Å². The van der Waals surface area contributed by atoms with Gasteiger partial charge in [-0.05, 0) is 109 Å². The highest BCUT2D eigenvalue weighted by Gasteiger charge is 2.42. The Bertz CT molecular complexity index is 2440. The number of nitrogens with zero attached hydrogens (tertiary/aromatic N) is 4. The van der Waals surface area contributed by atoms with Crippen molar-refractivity contribution in [1.29, 1.82) is 0 Å². The van der Waals surface area contributed by atoms with E-state index in [2.05, 4.69) is 69.1 Å². The number of ether oxygens (including phenoxy) is 4. The highest BCUT2D eigenvalue weighted by molar-refractivity contribution is 5.92. The first-order valence-electron chi connectivity index (χ1n) is 21.8. The Morgan fingerprint density at radius 3 is 1.76 bits per heavy atom. The lowest BCUT2D eigenvalue weighted by molar-refractivity contribution is -0.137. The van der Waals surface area contributed by atoms with E-state index in [4.69, 9.17) is 28.9 Å². The first-order chi connectivity index (χ1) is 30.3. The number of alkyl carbamates (subject to hydrolysis) is 2. The molecule has 4 saturated heterocycles. The molecular weight excluding hydrogens is 793 g/mol. The van der Waals surface area contributed by atoms with Crippen molar-refractivity contribution in [1.82, 2.24) is 40.4 Å². The van der Waals surface area contributed by atoms with Gasteiger partial charge in [0.15, 0.2) is 0 Å². The summed E-state index contributed by atoms with van der Waals surface area (Å²) in [6, 6.07) is 17.1. The molecule has 16 nitrogen and oxygen atoms in total. The first kappa shape index (κ1) is 41.4. The number of aromatic amines is 2. The van der Waals surface area contributed by atoms with Crippen LogP contribution in [0.25, 0.3) is 44.2 Å². The van der Waals surface area contributed by atoms with E-state index in [-0.39, 0.29) is 35.7 Å². The van der Waals surface area contributed by atoms with Crippen molar-refractivity contribution in [3.05, 3.63) is 72.4 Å². The molecule has 0 radical (unpaired) electrons. The number of carbonyl (C=O) groups is 4. The molecule has 4 amide bonds. The van der Waals surface area contributed by atoms with Crippen molar-refractivity contribution in [2.75, 3.05) is 53.7 Å². The fourth-order valence-corrected chi connectivity index (χ4v) is 9.83. The third kappa shape index (κ3) is 8.45. The molecule has 4 N–H and O–H groups in total. The summed E-state index contributed by atoms with van der Waals surface area (Å²) in [7, 11) is 2.62. The van der Waals surface area contributed by atoms with Crippen LogP contribution in [0.3, 0.4) is 0 Å². The average molecular weight is 847 g/mol. The summed E-state index contributed by atoms with van der Waals surface area (Å²) in [4.78, 5) is 73.2. The summed E-state index contributed by atoms with van der Waals surface area (Å²) >= 11 is 0. The number of amides is 4. The molecule has 4 aliphatic heterocycles. The molecule has 16 heteroatoms. The zero-order chi connectivity index (χ0) is 42.7. The molecule has 3 aromatic carbocycles. The molecule has 0 spiro atoms. The Morgan fingerprint density at radius 2 is 1.18 bits per heavy atom. The van der Waals surface area contributed by atoms with Gasteiger partial charge in [0.05, 0.1) is 49.2 Å². The number of nitrogens with one attached hydrogen (secondary N) is 4. The fourth-order valence-electron chi connectivity index (χ4n) is 9.83. The lowest BCUT2D eigenvalue weighted by Crippen LogP contribution is -2.53. The van der Waals surface area contributed by atoms with Crippen molar-refractivity contribution in [3.63, 3.8) is 0 Å². The van der Waals surface area contributed by atoms with Gasteiger partial charge in [0.25, 0.3) is 0 Å². The lowest BCUT2D eigenvalue weighted by atomic mass is 9.90. The Morgan fingerprint density at radius 1 is 0.661 bits per heavy atom. The number of likely N-dealkylation sites (tertiary alicyclic amines) is 2. The molecule has 2 aromatic heterocycles. The van der Waals surface area contributed by atoms with Gasteiger partial charge in [0.1, 0.15) is 23.7 Å². The average Bonchev–Trinajstić information content (AvgIpc) is 4.16. The Hall–Kier alpha value is -6.00. The van der Waals surface area contributed by atoms with Crippen molar-refractivity contribution in [3.8, 4) is 22.4 Å². The minimum absolute atomic E-state index is 0.0319. The van der Waals surface area contributed by atoms with Gasteiger partial charge < -0.3 is 49.3 Å². The van der Waals surface area contributed by atoms with Crippen molar-refractivity contribution >= 4 is 45.8 Å². The third-order valence-electron chi connectivity index (χ3n) is 13.2. The predicted octanol–water partition coefficient (Wildman–Crippen LogP) is 6.40. The largest absolute Gasteiger partial charge is 0.453 e. The quantitative estimate of drug-likeness (QED) is 0.122. The van der Waals surface area contributed by atoms with Gasteiger partial charge in [-0.15, -0.1) is 0 Å². The van der Waals surface area contributed by atoms with E-state index in [0.717, 1.165) is 81.5 Å². The molecule has 4 atom stereocenters. The van der Waals surface area contributed by atoms with Crippen LogP contribution in [0.2, 0.25) is 0 Å². The lowest BCUT2D eigenvalue weighted by Gasteiger charge is -2.34. The Labute approximate surface area is 359 Å². The standard InChI is InChI=1S/C46H54N8O8/c1-59-45(57)51-39(27-13-19-61-20-14-27)43(55)53-17-3-5-37(53)41-47-26-36(50-41)33-10-9-29-23-30(7-8-31(29)24-33)32-11-12-34-35(25-32)49-42(48-34)38-6-4-18-54(38)44(56)40(52-46(58)60-2)28-15-21-62-22-16-28/h7-12,23-28,37-40H,3-6,13-22H2,1-2H3,(H,47,50)(H,48,49)(H,51,57)(H,52,58). The van der Waals surface area contributed by atoms with E-state index in [0.29, 0.717) is 65.2 Å². The summed E-state index contributed by atoms with van der Waals surface area (Å²) in [5, 5.41) is 7.80. The van der Waals surface area contributed by atoms with Crippen molar-refractivity contribution in [2.45, 2.75) is 75.5 Å². The molecule has 0 bridgehead atoms. The highest BCUT2D eigenvalue weighted by Crippen LogP contribution is 2.37. The Balaban J connectivity index is 0.900. The molecule has 6 heterocycles. The van der Waals surface area contributed by atoms with Crippen LogP contribution in [0.5, 0.6) is 0 Å². The molecule has 62 heavy (non-hydrogen) atoms. The second-order valence-corrected chi connectivity index (χ2v) is 16.8. The molecule has 4 fully saturated rings. The van der Waals surface area contributed by atoms with E-state index < -0.39 is 24.3 Å². The number of H-pyrrole nitrogens is 2. The SMILES string of the molecule is COC(=O)NC(C(=O)N1CCCC1c1ncc(-c2ccc3cc(-c4ccc5nc(C6CCCN6C(=O)C(NC(=O)OC)C6CCOCC6)[nH]c5c4)ccc3c2)[nH]1)C1CCOCC1. The fraction of sp³-hybridized carbons (Fsp3) is 0.478. The summed E-state index contributed by atoms with van der Waals surface area (Å²) in [6.07, 6.45) is 6.59. The van der Waals surface area contributed by atoms with E-state index in [1.807, 2.05) is 22.1 Å². The summed E-state index contributed by atoms with van der Waals surface area (Å²) in [6.45, 7) is 3.40. The van der Waals surface area contributed by atoms with Crippen LogP contribution >= 0.6 is 0 Å². The number of benzene rings is 3. The van der Waals surface area contributed by atoms with E-state index in [9.17, 15) is 19.2 Å². The van der Waals surface area contributed by atoms with Crippen molar-refractivity contribution in [2.24, 2.45) is 11.8 Å². The monoisotopic (exact) mass is 846 g/mol. The number of rotatable bonds is 10. The smallest absolute Gasteiger partial charge is 0.407 e. The Kier molecular flexibility index (Phi) is 12.1. The second-order valence-electron chi connectivity index (χ2n) is 16.8. The molecule has 9 rings (SSSR count). The number of carbonyl (C=O) groups excluding carboxylic acids is 4. The third-order valence-corrected chi connectivity index (χ3v) is 13.2. The van der Waals surface area contributed by atoms with Gasteiger partial charge in [-0.25, -0.2) is 19.6 Å². The predicted molar refractivity (Wildman–Crippen MR) is 230 cm³/mol. The maximum Gasteiger partial charge on any atom is 0.407 e. The number of fused-ring (bicyclic) bond motifs is 2. The normalized spacial score (nSPS) is 20.9. The molecule has 326 valence electrons. The van der Waals surface area contributed by atoms with Gasteiger partial charge in [-0.3, -0.25) is 9.59 Å². The highest BCUT2D eigenvalue weighted by atomic mass is 16.5. The molecular formula is C46H54N8O8. The van der Waals surface area contributed by atoms with Crippen LogP contribution < -0.4 is 10.6 Å². The minimum Gasteiger partial charge on any atom is -0.453 e. The van der Waals surface area contributed by atoms with Gasteiger partial charge in [0, 0.05) is 45.1 Å². The maximum absolute atomic E-state index is 14.1. The number of methoxy groups -OCH3 is 2. The maximum atomic E-state index is 14.1. The number of imidazole rings is 2. The van der Waals surface area contributed by atoms with Gasteiger partial charge in [0.2, 0.25) is 11.8 Å². The topological polar surface area (TPSA) is 193 Å². The van der Waals surface area contributed by atoms with Crippen LogP contribution in [0.4, 0.5) is 9.59 Å². The molecule has 4 aliphatic rings. The van der Waals surface area contributed by atoms with Crippen molar-refractivity contribution < 1.29 is 38.1 Å². The molecule has 4 unspecified atom stereocenters. The zero-order valence-electron chi connectivity index (χ0n) is 35.2. The van der Waals surface area contributed by atoms with Crippen LogP contribution in [-0.2, 0) is 28.5 Å². The number of hydrogen-bond donors (Lipinski definition) is 4. The van der Waals surface area contributed by atoms with E-state index in [1.54, 1.807) is 0 Å². The van der Waals surface area contributed by atoms with Crippen LogP contribution in [-0.4, -0.2) is 120 Å². The number of aromatic nitrogens is 4. The van der Waals surface area contributed by atoms with Crippen LogP contribution in [0.1, 0.15) is 75.1 Å². The summed E-state index contributed by atoms with van der Waals surface area (Å²) in [5.41, 5.74) is 5.65. The molecule has 5 aromatic rings. The van der Waals surface area contributed by atoms with Gasteiger partial charge in [-0.2, -0.15) is 0 Å². The summed E-state index contributed by atoms with van der Waals surface area (Å²) in [5.74, 6) is 1.17. The van der Waals surface area contributed by atoms with E-state index in [1.165, 1.54) is 14.2 Å². The minimum atomic E-state index is -0.691. The van der Waals surface area contributed by atoms with Crippen LogP contribution in [0, 0.1) is 11.8 Å².